The second kappa shape index (κ2) is 8.67. The summed E-state index contributed by atoms with van der Waals surface area (Å²) in [7, 11) is 0. The third kappa shape index (κ3) is 5.38. The summed E-state index contributed by atoms with van der Waals surface area (Å²) in [5, 5.41) is 12.9. The van der Waals surface area contributed by atoms with Crippen molar-refractivity contribution in [2.24, 2.45) is 5.92 Å². The average Bonchev–Trinajstić information content (AvgIpc) is 2.99. The molecule has 190 valence electrons. The second-order valence-corrected chi connectivity index (χ2v) is 10.3. The Balaban J connectivity index is 1.52. The normalized spacial score (nSPS) is 18.6. The monoisotopic (exact) mass is 493 g/mol. The summed E-state index contributed by atoms with van der Waals surface area (Å²) >= 11 is 0. The van der Waals surface area contributed by atoms with Gasteiger partial charge in [0.25, 0.3) is 5.91 Å². The van der Waals surface area contributed by atoms with Gasteiger partial charge in [-0.15, -0.1) is 13.2 Å². The van der Waals surface area contributed by atoms with Gasteiger partial charge >= 0.3 is 6.36 Å². The van der Waals surface area contributed by atoms with Crippen LogP contribution in [0.3, 0.4) is 0 Å². The van der Waals surface area contributed by atoms with Crippen molar-refractivity contribution in [1.82, 2.24) is 10.3 Å². The lowest BCUT2D eigenvalue weighted by Crippen LogP contribution is -2.55. The summed E-state index contributed by atoms with van der Waals surface area (Å²) in [4.78, 5) is 19.1. The van der Waals surface area contributed by atoms with Gasteiger partial charge in [-0.3, -0.25) is 9.78 Å². The number of alkyl halides is 3. The fourth-order valence-corrected chi connectivity index (χ4v) is 4.40. The number of carbonyl (C=O) groups excluding carboxylic acids is 1. The predicted molar refractivity (Wildman–Crippen MR) is 123 cm³/mol. The van der Waals surface area contributed by atoms with Gasteiger partial charge in [0.1, 0.15) is 11.4 Å². The van der Waals surface area contributed by atoms with E-state index in [1.54, 1.807) is 32.9 Å². The average molecular weight is 494 g/mol. The number of hydrogen-bond donors (Lipinski definition) is 2. The van der Waals surface area contributed by atoms with E-state index in [4.69, 9.17) is 4.74 Å². The lowest BCUT2D eigenvalue weighted by atomic mass is 9.84. The molecule has 1 aromatic carbocycles. The topological polar surface area (TPSA) is 83.9 Å². The van der Waals surface area contributed by atoms with Gasteiger partial charge < -0.3 is 24.8 Å². The van der Waals surface area contributed by atoms with E-state index in [-0.39, 0.29) is 17.2 Å². The molecular weight excluding hydrogens is 463 g/mol. The maximum Gasteiger partial charge on any atom is 0.573 e. The molecule has 0 bridgehead atoms. The number of rotatable bonds is 6. The van der Waals surface area contributed by atoms with E-state index in [0.29, 0.717) is 30.9 Å². The van der Waals surface area contributed by atoms with Crippen molar-refractivity contribution in [3.8, 4) is 5.75 Å². The van der Waals surface area contributed by atoms with Gasteiger partial charge in [0, 0.05) is 48.1 Å². The maximum atomic E-state index is 13.2. The van der Waals surface area contributed by atoms with E-state index in [0.717, 1.165) is 11.3 Å². The number of hydrogen-bond acceptors (Lipinski definition) is 6. The molecule has 10 heteroatoms. The van der Waals surface area contributed by atoms with Crippen LogP contribution < -0.4 is 15.0 Å². The Morgan fingerprint density at radius 1 is 1.29 bits per heavy atom. The maximum absolute atomic E-state index is 13.2. The fraction of sp³-hybridized carbons (Fsp3) is 0.520. The first-order valence-corrected chi connectivity index (χ1v) is 11.5. The number of fused-ring (bicyclic) bond motifs is 1. The van der Waals surface area contributed by atoms with E-state index in [2.05, 4.69) is 15.0 Å². The van der Waals surface area contributed by atoms with Crippen LogP contribution in [0.2, 0.25) is 0 Å². The first kappa shape index (κ1) is 25.2. The van der Waals surface area contributed by atoms with Crippen LogP contribution in [0.5, 0.6) is 5.75 Å². The highest BCUT2D eigenvalue weighted by Crippen LogP contribution is 2.38. The van der Waals surface area contributed by atoms with E-state index < -0.39 is 29.5 Å². The number of nitrogens with one attached hydrogen (secondary N) is 1. The predicted octanol–water partition coefficient (Wildman–Crippen LogP) is 4.44. The number of aliphatic hydroxyl groups is 1. The number of aromatic nitrogens is 1. The van der Waals surface area contributed by atoms with E-state index in [1.165, 1.54) is 18.3 Å². The number of halogens is 3. The summed E-state index contributed by atoms with van der Waals surface area (Å²) < 4.78 is 49.5. The Bertz CT molecular complexity index is 1120. The molecule has 1 aromatic heterocycles. The SMILES string of the molecule is C[C@H](NC(=O)c1cnc2c(c1)COC2(C)C)c1ccc(N2CC(C(C)(C)O)C2)cc1OC(F)(F)F. The minimum Gasteiger partial charge on any atom is -0.405 e. The summed E-state index contributed by atoms with van der Waals surface area (Å²) in [6.45, 7) is 10.2. The molecule has 2 aromatic rings. The number of pyridine rings is 1. The zero-order chi connectivity index (χ0) is 25.8. The summed E-state index contributed by atoms with van der Waals surface area (Å²) in [5.74, 6) is -0.823. The Morgan fingerprint density at radius 3 is 2.60 bits per heavy atom. The number of amides is 1. The van der Waals surface area contributed by atoms with Crippen LogP contribution in [0.25, 0.3) is 0 Å². The van der Waals surface area contributed by atoms with Crippen molar-refractivity contribution >= 4 is 11.6 Å². The molecule has 1 amide bonds. The Labute approximate surface area is 202 Å². The second-order valence-electron chi connectivity index (χ2n) is 10.3. The van der Waals surface area contributed by atoms with Crippen molar-refractivity contribution < 1.29 is 32.5 Å². The zero-order valence-electron chi connectivity index (χ0n) is 20.4. The lowest BCUT2D eigenvalue weighted by Gasteiger charge is -2.46. The molecule has 1 fully saturated rings. The Hall–Kier alpha value is -2.85. The van der Waals surface area contributed by atoms with Gasteiger partial charge in [-0.25, -0.2) is 0 Å². The molecule has 0 unspecified atom stereocenters. The first-order chi connectivity index (χ1) is 16.1. The van der Waals surface area contributed by atoms with Crippen LogP contribution in [-0.4, -0.2) is 41.1 Å². The molecule has 2 N–H and O–H groups in total. The fourth-order valence-electron chi connectivity index (χ4n) is 4.40. The lowest BCUT2D eigenvalue weighted by molar-refractivity contribution is -0.274. The minimum atomic E-state index is -4.89. The molecular formula is C25H30F3N3O4. The van der Waals surface area contributed by atoms with Crippen LogP contribution in [0.4, 0.5) is 18.9 Å². The van der Waals surface area contributed by atoms with Crippen molar-refractivity contribution in [3.05, 3.63) is 52.8 Å². The van der Waals surface area contributed by atoms with Gasteiger partial charge in [-0.1, -0.05) is 6.07 Å². The van der Waals surface area contributed by atoms with Gasteiger partial charge in [-0.2, -0.15) is 0 Å². The quantitative estimate of drug-likeness (QED) is 0.619. The zero-order valence-corrected chi connectivity index (χ0v) is 20.4. The molecule has 7 nitrogen and oxygen atoms in total. The third-order valence-electron chi connectivity index (χ3n) is 6.67. The van der Waals surface area contributed by atoms with E-state index in [9.17, 15) is 23.1 Å². The largest absolute Gasteiger partial charge is 0.573 e. The summed E-state index contributed by atoms with van der Waals surface area (Å²) in [6.07, 6.45) is -3.45. The number of carbonyl (C=O) groups is 1. The van der Waals surface area contributed by atoms with E-state index >= 15 is 0 Å². The minimum absolute atomic E-state index is 0.0179. The highest BCUT2D eigenvalue weighted by atomic mass is 19.4. The van der Waals surface area contributed by atoms with Crippen LogP contribution in [0.1, 0.15) is 67.8 Å². The summed E-state index contributed by atoms with van der Waals surface area (Å²) in [6, 6.07) is 5.46. The Kier molecular flexibility index (Phi) is 6.25. The van der Waals surface area contributed by atoms with Crippen LogP contribution in [0, 0.1) is 5.92 Å². The number of benzene rings is 1. The van der Waals surface area contributed by atoms with Gasteiger partial charge in [0.2, 0.25) is 0 Å². The number of ether oxygens (including phenoxy) is 2. The van der Waals surface area contributed by atoms with Crippen LogP contribution in [-0.2, 0) is 16.9 Å². The third-order valence-corrected chi connectivity index (χ3v) is 6.67. The molecule has 0 saturated carbocycles. The van der Waals surface area contributed by atoms with Crippen LogP contribution >= 0.6 is 0 Å². The Morgan fingerprint density at radius 2 is 1.97 bits per heavy atom. The van der Waals surface area contributed by atoms with Crippen molar-refractivity contribution in [2.45, 2.75) is 64.8 Å². The van der Waals surface area contributed by atoms with Crippen molar-refractivity contribution in [2.75, 3.05) is 18.0 Å². The molecule has 0 aliphatic carbocycles. The molecule has 2 aliphatic heterocycles. The van der Waals surface area contributed by atoms with Gasteiger partial charge in [0.05, 0.1) is 29.5 Å². The molecule has 0 radical (unpaired) electrons. The highest BCUT2D eigenvalue weighted by Gasteiger charge is 2.39. The molecule has 1 saturated heterocycles. The molecule has 4 rings (SSSR count). The number of anilines is 1. The smallest absolute Gasteiger partial charge is 0.405 e. The summed E-state index contributed by atoms with van der Waals surface area (Å²) in [5.41, 5.74) is 1.21. The van der Waals surface area contributed by atoms with Crippen molar-refractivity contribution in [1.29, 1.82) is 0 Å². The van der Waals surface area contributed by atoms with Gasteiger partial charge in [0.15, 0.2) is 0 Å². The highest BCUT2D eigenvalue weighted by molar-refractivity contribution is 5.94. The van der Waals surface area contributed by atoms with Crippen molar-refractivity contribution in [3.63, 3.8) is 0 Å². The molecule has 35 heavy (non-hydrogen) atoms. The van der Waals surface area contributed by atoms with Crippen LogP contribution in [0.15, 0.2) is 30.5 Å². The standard InChI is InChI=1S/C25H30F3N3O4/c1-14(30-22(32)15-8-16-13-34-24(4,5)21(16)29-10-15)19-7-6-18(9-20(19)35-25(26,27)28)31-11-17(12-31)23(2,3)33/h6-10,14,17,33H,11-13H2,1-5H3,(H,30,32)/t14-/m0/s1. The molecule has 0 spiro atoms. The molecule has 1 atom stereocenters. The number of nitrogens with zero attached hydrogens (tertiary/aromatic N) is 2. The first-order valence-electron chi connectivity index (χ1n) is 11.5. The van der Waals surface area contributed by atoms with E-state index in [1.807, 2.05) is 18.7 Å². The molecule has 3 heterocycles. The van der Waals surface area contributed by atoms with Gasteiger partial charge in [-0.05, 0) is 46.8 Å². The molecule has 2 aliphatic rings.